The van der Waals surface area contributed by atoms with Crippen molar-refractivity contribution in [3.8, 4) is 0 Å². The molecule has 0 atom stereocenters. The number of unbranched alkanes of at least 4 members (excludes halogenated alkanes) is 2. The van der Waals surface area contributed by atoms with E-state index in [9.17, 15) is 9.59 Å². The maximum Gasteiger partial charge on any atom is 0.258 e. The van der Waals surface area contributed by atoms with Gasteiger partial charge in [0.2, 0.25) is 5.91 Å². The molecular weight excluding hydrogens is 328 g/mol. The zero-order valence-corrected chi connectivity index (χ0v) is 15.5. The average Bonchev–Trinajstić information content (AvgIpc) is 2.66. The number of piperidine rings is 1. The van der Waals surface area contributed by atoms with Gasteiger partial charge in [0, 0.05) is 31.3 Å². The highest BCUT2D eigenvalue weighted by atomic mass is 16.2. The fourth-order valence-corrected chi connectivity index (χ4v) is 3.50. The number of hydrogen-bond acceptors (Lipinski definition) is 4. The molecule has 1 saturated heterocycles. The van der Waals surface area contributed by atoms with Crippen LogP contribution in [0.15, 0.2) is 35.3 Å². The van der Waals surface area contributed by atoms with Crippen LogP contribution < -0.4 is 10.9 Å². The Bertz CT molecular complexity index is 794. The summed E-state index contributed by atoms with van der Waals surface area (Å²) < 4.78 is 1.55. The minimum absolute atomic E-state index is 0.0491. The van der Waals surface area contributed by atoms with Crippen LogP contribution >= 0.6 is 0 Å². The Morgan fingerprint density at radius 3 is 2.85 bits per heavy atom. The van der Waals surface area contributed by atoms with Gasteiger partial charge in [-0.25, -0.2) is 4.98 Å². The van der Waals surface area contributed by atoms with E-state index in [1.54, 1.807) is 16.7 Å². The largest absolute Gasteiger partial charge is 0.356 e. The molecule has 0 unspecified atom stereocenters. The van der Waals surface area contributed by atoms with Crippen LogP contribution in [-0.2, 0) is 11.3 Å². The number of pyridine rings is 1. The Labute approximate surface area is 154 Å². The second-order valence-electron chi connectivity index (χ2n) is 7.06. The predicted octanol–water partition coefficient (Wildman–Crippen LogP) is 2.21. The van der Waals surface area contributed by atoms with Gasteiger partial charge >= 0.3 is 0 Å². The molecule has 0 aliphatic carbocycles. The fraction of sp³-hybridized carbons (Fsp3) is 0.550. The number of rotatable bonds is 7. The zero-order valence-electron chi connectivity index (χ0n) is 15.5. The number of amides is 1. The van der Waals surface area contributed by atoms with E-state index in [4.69, 9.17) is 0 Å². The molecule has 3 heterocycles. The van der Waals surface area contributed by atoms with Crippen LogP contribution in [0.25, 0.3) is 5.65 Å². The van der Waals surface area contributed by atoms with Gasteiger partial charge in [-0.2, -0.15) is 0 Å². The number of fused-ring (bicyclic) bond motifs is 1. The van der Waals surface area contributed by atoms with E-state index < -0.39 is 0 Å². The molecule has 3 rings (SSSR count). The molecule has 0 saturated carbocycles. The molecule has 0 bridgehead atoms. The lowest BCUT2D eigenvalue weighted by Crippen LogP contribution is -2.40. The van der Waals surface area contributed by atoms with E-state index in [0.29, 0.717) is 12.2 Å². The number of hydrogen-bond donors (Lipinski definition) is 1. The zero-order chi connectivity index (χ0) is 18.4. The molecule has 140 valence electrons. The molecule has 6 heteroatoms. The van der Waals surface area contributed by atoms with Crippen LogP contribution in [0.1, 0.15) is 44.7 Å². The minimum Gasteiger partial charge on any atom is -0.356 e. The van der Waals surface area contributed by atoms with Gasteiger partial charge in [0.25, 0.3) is 5.56 Å². The summed E-state index contributed by atoms with van der Waals surface area (Å²) in [7, 11) is 0. The van der Waals surface area contributed by atoms with Gasteiger partial charge in [-0.15, -0.1) is 0 Å². The topological polar surface area (TPSA) is 66.7 Å². The van der Waals surface area contributed by atoms with Crippen LogP contribution in [0, 0.1) is 5.92 Å². The van der Waals surface area contributed by atoms with E-state index in [-0.39, 0.29) is 17.4 Å². The van der Waals surface area contributed by atoms with Crippen LogP contribution in [0.3, 0.4) is 0 Å². The summed E-state index contributed by atoms with van der Waals surface area (Å²) in [5, 5.41) is 3.07. The van der Waals surface area contributed by atoms with Crippen molar-refractivity contribution in [2.24, 2.45) is 5.92 Å². The van der Waals surface area contributed by atoms with Gasteiger partial charge in [0.15, 0.2) is 0 Å². The quantitative estimate of drug-likeness (QED) is 0.773. The van der Waals surface area contributed by atoms with Gasteiger partial charge < -0.3 is 5.32 Å². The molecule has 1 N–H and O–H groups in total. The Hall–Kier alpha value is -2.21. The Morgan fingerprint density at radius 2 is 2.08 bits per heavy atom. The van der Waals surface area contributed by atoms with Crippen molar-refractivity contribution in [2.75, 3.05) is 19.6 Å². The lowest BCUT2D eigenvalue weighted by Gasteiger charge is -2.31. The minimum atomic E-state index is -0.0491. The van der Waals surface area contributed by atoms with Gasteiger partial charge in [0.1, 0.15) is 5.65 Å². The smallest absolute Gasteiger partial charge is 0.258 e. The van der Waals surface area contributed by atoms with Crippen LogP contribution in [0.4, 0.5) is 0 Å². The van der Waals surface area contributed by atoms with Gasteiger partial charge in [-0.1, -0.05) is 25.8 Å². The predicted molar refractivity (Wildman–Crippen MR) is 102 cm³/mol. The summed E-state index contributed by atoms with van der Waals surface area (Å²) in [5.74, 6) is 0.311. The highest BCUT2D eigenvalue weighted by molar-refractivity contribution is 5.78. The summed E-state index contributed by atoms with van der Waals surface area (Å²) >= 11 is 0. The molecule has 1 aliphatic heterocycles. The molecule has 26 heavy (non-hydrogen) atoms. The first-order valence-electron chi connectivity index (χ1n) is 9.64. The number of nitrogens with one attached hydrogen (secondary N) is 1. The van der Waals surface area contributed by atoms with Gasteiger partial charge in [-0.3, -0.25) is 18.9 Å². The molecule has 2 aromatic rings. The van der Waals surface area contributed by atoms with E-state index in [0.717, 1.165) is 51.0 Å². The van der Waals surface area contributed by atoms with Crippen molar-refractivity contribution < 1.29 is 4.79 Å². The third kappa shape index (κ3) is 4.69. The SMILES string of the molecule is CCCCCNC(=O)C1CCN(Cc2cc(=O)n3ccccc3n2)CC1. The van der Waals surface area contributed by atoms with Gasteiger partial charge in [-0.05, 0) is 44.5 Å². The van der Waals surface area contributed by atoms with Gasteiger partial charge in [0.05, 0.1) is 5.69 Å². The maximum absolute atomic E-state index is 12.2. The molecule has 0 aromatic carbocycles. The number of likely N-dealkylation sites (tertiary alicyclic amines) is 1. The Balaban J connectivity index is 1.51. The fourth-order valence-electron chi connectivity index (χ4n) is 3.50. The maximum atomic E-state index is 12.2. The van der Waals surface area contributed by atoms with Crippen LogP contribution in [0.5, 0.6) is 0 Å². The second kappa shape index (κ2) is 8.94. The molecule has 6 nitrogen and oxygen atoms in total. The van der Waals surface area contributed by atoms with Crippen molar-refractivity contribution in [2.45, 2.75) is 45.6 Å². The summed E-state index contributed by atoms with van der Waals surface area (Å²) in [5.41, 5.74) is 1.42. The second-order valence-corrected chi connectivity index (χ2v) is 7.06. The highest BCUT2D eigenvalue weighted by Crippen LogP contribution is 2.18. The Kier molecular flexibility index (Phi) is 6.39. The van der Waals surface area contributed by atoms with Crippen molar-refractivity contribution in [1.29, 1.82) is 0 Å². The van der Waals surface area contributed by atoms with E-state index in [1.807, 2.05) is 18.2 Å². The molecular formula is C20H28N4O2. The van der Waals surface area contributed by atoms with Crippen LogP contribution in [-0.4, -0.2) is 39.8 Å². The molecule has 0 spiro atoms. The van der Waals surface area contributed by atoms with Crippen molar-refractivity contribution in [3.05, 3.63) is 46.5 Å². The van der Waals surface area contributed by atoms with Crippen molar-refractivity contribution >= 4 is 11.6 Å². The number of carbonyl (C=O) groups excluding carboxylic acids is 1. The first-order chi connectivity index (χ1) is 12.7. The van der Waals surface area contributed by atoms with Crippen molar-refractivity contribution in [3.63, 3.8) is 0 Å². The molecule has 0 radical (unpaired) electrons. The normalized spacial score (nSPS) is 16.0. The summed E-state index contributed by atoms with van der Waals surface area (Å²) in [6.45, 7) is 5.34. The lowest BCUT2D eigenvalue weighted by atomic mass is 9.95. The van der Waals surface area contributed by atoms with Crippen LogP contribution in [0.2, 0.25) is 0 Å². The van der Waals surface area contributed by atoms with E-state index >= 15 is 0 Å². The third-order valence-electron chi connectivity index (χ3n) is 5.05. The summed E-state index contributed by atoms with van der Waals surface area (Å²) in [6, 6.07) is 7.17. The number of nitrogens with zero attached hydrogens (tertiary/aromatic N) is 3. The molecule has 1 amide bonds. The molecule has 1 fully saturated rings. The lowest BCUT2D eigenvalue weighted by molar-refractivity contribution is -0.126. The highest BCUT2D eigenvalue weighted by Gasteiger charge is 2.25. The first kappa shape index (κ1) is 18.6. The number of carbonyl (C=O) groups is 1. The first-order valence-corrected chi connectivity index (χ1v) is 9.64. The van der Waals surface area contributed by atoms with Crippen molar-refractivity contribution in [1.82, 2.24) is 19.6 Å². The molecule has 1 aliphatic rings. The summed E-state index contributed by atoms with van der Waals surface area (Å²) in [6.07, 6.45) is 6.86. The standard InChI is InChI=1S/C20H28N4O2/c1-2-3-5-10-21-20(26)16-8-12-23(13-9-16)15-17-14-19(25)24-11-6-4-7-18(24)22-17/h4,6-7,11,14,16H,2-3,5,8-10,12-13,15H2,1H3,(H,21,26). The number of aromatic nitrogens is 2. The third-order valence-corrected chi connectivity index (χ3v) is 5.05. The Morgan fingerprint density at radius 1 is 1.27 bits per heavy atom. The van der Waals surface area contributed by atoms with E-state index in [2.05, 4.69) is 22.1 Å². The average molecular weight is 356 g/mol. The monoisotopic (exact) mass is 356 g/mol. The summed E-state index contributed by atoms with van der Waals surface area (Å²) in [4.78, 5) is 31.3. The molecule has 2 aromatic heterocycles. The van der Waals surface area contributed by atoms with E-state index in [1.165, 1.54) is 6.42 Å².